The predicted octanol–water partition coefficient (Wildman–Crippen LogP) is 3.33. The van der Waals surface area contributed by atoms with E-state index in [1.807, 2.05) is 36.4 Å². The maximum atomic E-state index is 12.1. The van der Waals surface area contributed by atoms with E-state index in [2.05, 4.69) is 20.9 Å². The molecule has 0 saturated carbocycles. The highest BCUT2D eigenvalue weighted by molar-refractivity contribution is 9.10. The van der Waals surface area contributed by atoms with Crippen LogP contribution < -0.4 is 11.3 Å². The number of hydrogen-bond acceptors (Lipinski definition) is 4. The first-order chi connectivity index (χ1) is 10.1. The highest BCUT2D eigenvalue weighted by atomic mass is 79.9. The Morgan fingerprint density at radius 3 is 2.71 bits per heavy atom. The van der Waals surface area contributed by atoms with E-state index in [0.29, 0.717) is 11.4 Å². The van der Waals surface area contributed by atoms with Crippen LogP contribution in [-0.2, 0) is 5.75 Å². The summed E-state index contributed by atoms with van der Waals surface area (Å²) >= 11 is 4.98. The van der Waals surface area contributed by atoms with Gasteiger partial charge < -0.3 is 5.73 Å². The maximum Gasteiger partial charge on any atom is 0.258 e. The smallest absolute Gasteiger partial charge is 0.258 e. The molecule has 2 N–H and O–H groups in total. The third kappa shape index (κ3) is 3.28. The molecular weight excluding hydrogens is 350 g/mol. The number of aromatic nitrogens is 2. The van der Waals surface area contributed by atoms with Gasteiger partial charge in [0.1, 0.15) is 5.65 Å². The molecule has 0 saturated heterocycles. The van der Waals surface area contributed by atoms with Crippen molar-refractivity contribution < 1.29 is 0 Å². The minimum Gasteiger partial charge on any atom is -0.399 e. The van der Waals surface area contributed by atoms with E-state index in [4.69, 9.17) is 5.73 Å². The summed E-state index contributed by atoms with van der Waals surface area (Å²) in [6.07, 6.45) is 1.72. The molecule has 0 atom stereocenters. The van der Waals surface area contributed by atoms with Gasteiger partial charge in [-0.05, 0) is 52.3 Å². The van der Waals surface area contributed by atoms with Gasteiger partial charge in [-0.3, -0.25) is 9.20 Å². The maximum absolute atomic E-state index is 12.1. The molecule has 0 spiro atoms. The van der Waals surface area contributed by atoms with E-state index in [-0.39, 0.29) is 5.56 Å². The molecule has 0 aliphatic heterocycles. The molecule has 0 amide bonds. The number of anilines is 1. The Morgan fingerprint density at radius 2 is 1.95 bits per heavy atom. The Hall–Kier alpha value is -1.79. The minimum atomic E-state index is -0.0748. The van der Waals surface area contributed by atoms with Crippen LogP contribution in [-0.4, -0.2) is 9.38 Å². The molecule has 0 bridgehead atoms. The summed E-state index contributed by atoms with van der Waals surface area (Å²) in [5.41, 5.74) is 7.75. The zero-order valence-electron chi connectivity index (χ0n) is 11.0. The number of fused-ring (bicyclic) bond motifs is 1. The predicted molar refractivity (Wildman–Crippen MR) is 89.6 cm³/mol. The first-order valence-electron chi connectivity index (χ1n) is 6.28. The summed E-state index contributed by atoms with van der Waals surface area (Å²) in [5, 5.41) is 0. The fraction of sp³-hybridized carbons (Fsp3) is 0.0667. The molecule has 106 valence electrons. The van der Waals surface area contributed by atoms with Crippen LogP contribution in [0.3, 0.4) is 0 Å². The van der Waals surface area contributed by atoms with E-state index in [1.54, 1.807) is 24.0 Å². The van der Waals surface area contributed by atoms with E-state index < -0.39 is 0 Å². The second kappa shape index (κ2) is 5.91. The molecule has 1 aromatic carbocycles. The van der Waals surface area contributed by atoms with Crippen LogP contribution in [0.25, 0.3) is 5.65 Å². The number of hydrogen-bond donors (Lipinski definition) is 1. The van der Waals surface area contributed by atoms with Crippen molar-refractivity contribution in [1.29, 1.82) is 0 Å². The molecule has 2 heterocycles. The average molecular weight is 362 g/mol. The lowest BCUT2D eigenvalue weighted by Gasteiger charge is -2.05. The normalized spacial score (nSPS) is 10.9. The molecule has 3 aromatic rings. The Kier molecular flexibility index (Phi) is 3.98. The zero-order valence-corrected chi connectivity index (χ0v) is 13.4. The second-order valence-corrected chi connectivity index (χ2v) is 6.48. The molecule has 4 nitrogen and oxygen atoms in total. The average Bonchev–Trinajstić information content (AvgIpc) is 2.47. The molecular formula is C15H12BrN3OS. The van der Waals surface area contributed by atoms with Crippen molar-refractivity contribution in [2.45, 2.75) is 10.6 Å². The van der Waals surface area contributed by atoms with Crippen molar-refractivity contribution in [3.8, 4) is 0 Å². The number of benzene rings is 1. The first-order valence-corrected chi connectivity index (χ1v) is 8.06. The van der Waals surface area contributed by atoms with Gasteiger partial charge >= 0.3 is 0 Å². The monoisotopic (exact) mass is 361 g/mol. The van der Waals surface area contributed by atoms with Crippen molar-refractivity contribution in [2.24, 2.45) is 0 Å². The van der Waals surface area contributed by atoms with Crippen molar-refractivity contribution >= 4 is 39.0 Å². The van der Waals surface area contributed by atoms with Gasteiger partial charge in [-0.2, -0.15) is 0 Å². The van der Waals surface area contributed by atoms with Crippen LogP contribution in [0.4, 0.5) is 5.69 Å². The van der Waals surface area contributed by atoms with Crippen LogP contribution in [0.2, 0.25) is 0 Å². The Balaban J connectivity index is 1.86. The van der Waals surface area contributed by atoms with Crippen molar-refractivity contribution in [1.82, 2.24) is 9.38 Å². The quantitative estimate of drug-likeness (QED) is 0.574. The Labute approximate surface area is 134 Å². The lowest BCUT2D eigenvalue weighted by atomic mass is 10.3. The second-order valence-electron chi connectivity index (χ2n) is 4.52. The number of pyridine rings is 1. The SMILES string of the molecule is Nc1ccc(SCc2cc(=O)n3cc(Br)ccc3n2)cc1. The lowest BCUT2D eigenvalue weighted by Crippen LogP contribution is -2.15. The van der Waals surface area contributed by atoms with Crippen molar-refractivity contribution in [3.05, 3.63) is 69.2 Å². The number of nitrogen functional groups attached to an aromatic ring is 1. The summed E-state index contributed by atoms with van der Waals surface area (Å²) in [4.78, 5) is 17.7. The van der Waals surface area contributed by atoms with Gasteiger partial charge in [0, 0.05) is 33.1 Å². The summed E-state index contributed by atoms with van der Waals surface area (Å²) in [5.74, 6) is 0.645. The number of halogens is 1. The summed E-state index contributed by atoms with van der Waals surface area (Å²) in [7, 11) is 0. The van der Waals surface area contributed by atoms with Gasteiger partial charge in [0.15, 0.2) is 0 Å². The first kappa shape index (κ1) is 14.2. The van der Waals surface area contributed by atoms with Crippen LogP contribution in [0, 0.1) is 0 Å². The van der Waals surface area contributed by atoms with Gasteiger partial charge in [-0.15, -0.1) is 11.8 Å². The van der Waals surface area contributed by atoms with E-state index in [0.717, 1.165) is 20.7 Å². The van der Waals surface area contributed by atoms with E-state index >= 15 is 0 Å². The van der Waals surface area contributed by atoms with Gasteiger partial charge in [0.25, 0.3) is 5.56 Å². The Morgan fingerprint density at radius 1 is 1.19 bits per heavy atom. The number of thioether (sulfide) groups is 1. The van der Waals surface area contributed by atoms with Gasteiger partial charge in [0.2, 0.25) is 0 Å². The van der Waals surface area contributed by atoms with Crippen LogP contribution in [0.5, 0.6) is 0 Å². The molecule has 21 heavy (non-hydrogen) atoms. The van der Waals surface area contributed by atoms with Crippen LogP contribution in [0.15, 0.2) is 62.8 Å². The van der Waals surface area contributed by atoms with Crippen molar-refractivity contribution in [2.75, 3.05) is 5.73 Å². The topological polar surface area (TPSA) is 60.4 Å². The molecule has 3 rings (SSSR count). The highest BCUT2D eigenvalue weighted by Crippen LogP contribution is 2.22. The highest BCUT2D eigenvalue weighted by Gasteiger charge is 2.04. The summed E-state index contributed by atoms with van der Waals surface area (Å²) in [6, 6.07) is 12.9. The molecule has 0 aliphatic carbocycles. The molecule has 0 fully saturated rings. The van der Waals surface area contributed by atoms with Gasteiger partial charge in [0.05, 0.1) is 5.69 Å². The minimum absolute atomic E-state index is 0.0748. The third-order valence-corrected chi connectivity index (χ3v) is 4.46. The van der Waals surface area contributed by atoms with E-state index in [1.165, 1.54) is 4.40 Å². The third-order valence-electron chi connectivity index (χ3n) is 2.94. The van der Waals surface area contributed by atoms with E-state index in [9.17, 15) is 4.79 Å². The zero-order chi connectivity index (χ0) is 14.8. The van der Waals surface area contributed by atoms with Gasteiger partial charge in [-0.1, -0.05) is 0 Å². The molecule has 0 unspecified atom stereocenters. The molecule has 0 aliphatic rings. The standard InChI is InChI=1S/C15H12BrN3OS/c16-10-1-6-14-18-12(7-15(20)19(14)8-10)9-21-13-4-2-11(17)3-5-13/h1-8H,9,17H2. The van der Waals surface area contributed by atoms with Crippen molar-refractivity contribution in [3.63, 3.8) is 0 Å². The lowest BCUT2D eigenvalue weighted by molar-refractivity contribution is 1.01. The van der Waals surface area contributed by atoms with Crippen LogP contribution >= 0.6 is 27.7 Å². The molecule has 2 aromatic heterocycles. The fourth-order valence-electron chi connectivity index (χ4n) is 1.92. The number of nitrogens with two attached hydrogens (primary N) is 1. The van der Waals surface area contributed by atoms with Crippen LogP contribution in [0.1, 0.15) is 5.69 Å². The van der Waals surface area contributed by atoms with Gasteiger partial charge in [-0.25, -0.2) is 4.98 Å². The molecule has 0 radical (unpaired) electrons. The molecule has 6 heteroatoms. The summed E-state index contributed by atoms with van der Waals surface area (Å²) in [6.45, 7) is 0. The fourth-order valence-corrected chi connectivity index (χ4v) is 3.05. The summed E-state index contributed by atoms with van der Waals surface area (Å²) < 4.78 is 2.38. The largest absolute Gasteiger partial charge is 0.399 e. The number of rotatable bonds is 3. The number of nitrogens with zero attached hydrogens (tertiary/aromatic N) is 2. The Bertz CT molecular complexity index is 846.